The molecule has 0 aliphatic heterocycles. The average Bonchev–Trinajstić information content (AvgIpc) is 3.15. The van der Waals surface area contributed by atoms with Crippen LogP contribution in [0.2, 0.25) is 5.02 Å². The van der Waals surface area contributed by atoms with Crippen molar-refractivity contribution in [1.82, 2.24) is 19.7 Å². The van der Waals surface area contributed by atoms with Crippen LogP contribution in [0, 0.1) is 18.6 Å². The van der Waals surface area contributed by atoms with Gasteiger partial charge in [-0.3, -0.25) is 14.2 Å². The zero-order valence-electron chi connectivity index (χ0n) is 15.6. The zero-order valence-corrected chi connectivity index (χ0v) is 16.3. The molecule has 1 aromatic carbocycles. The molecular weight excluding hydrogens is 406 g/mol. The number of benzene rings is 1. The summed E-state index contributed by atoms with van der Waals surface area (Å²) in [5, 5.41) is 6.47. The lowest BCUT2D eigenvalue weighted by Crippen LogP contribution is -2.25. The van der Waals surface area contributed by atoms with Gasteiger partial charge < -0.3 is 10.1 Å². The molecule has 3 aromatic rings. The normalized spacial score (nSPS) is 10.9. The minimum atomic E-state index is -0.759. The quantitative estimate of drug-likeness (QED) is 0.661. The number of aromatic nitrogens is 3. The largest absolute Gasteiger partial charge is 0.487 e. The SMILES string of the molecule is CNCC(=O)n1cc(-n2c(C)cc(OCc3ccc(F)cc3F)c(Cl)c2=O)cn1. The molecule has 2 aromatic heterocycles. The summed E-state index contributed by atoms with van der Waals surface area (Å²) in [6.45, 7) is 1.50. The van der Waals surface area contributed by atoms with Crippen LogP contribution < -0.4 is 15.6 Å². The van der Waals surface area contributed by atoms with E-state index in [1.54, 1.807) is 14.0 Å². The lowest BCUT2D eigenvalue weighted by Gasteiger charge is -2.13. The van der Waals surface area contributed by atoms with Gasteiger partial charge in [-0.1, -0.05) is 11.6 Å². The smallest absolute Gasteiger partial charge is 0.277 e. The Kier molecular flexibility index (Phi) is 6.09. The molecule has 0 aliphatic carbocycles. The number of rotatable bonds is 6. The highest BCUT2D eigenvalue weighted by atomic mass is 35.5. The van der Waals surface area contributed by atoms with Crippen molar-refractivity contribution < 1.29 is 18.3 Å². The van der Waals surface area contributed by atoms with Gasteiger partial charge in [-0.2, -0.15) is 5.10 Å². The van der Waals surface area contributed by atoms with Crippen LogP contribution in [0.1, 0.15) is 16.1 Å². The average molecular weight is 423 g/mol. The summed E-state index contributed by atoms with van der Waals surface area (Å²) in [4.78, 5) is 24.6. The van der Waals surface area contributed by atoms with Crippen molar-refractivity contribution in [3.63, 3.8) is 0 Å². The molecule has 0 atom stereocenters. The van der Waals surface area contributed by atoms with E-state index in [0.29, 0.717) is 11.4 Å². The summed E-state index contributed by atoms with van der Waals surface area (Å²) >= 11 is 6.15. The van der Waals surface area contributed by atoms with E-state index in [9.17, 15) is 18.4 Å². The maximum atomic E-state index is 13.8. The summed E-state index contributed by atoms with van der Waals surface area (Å²) < 4.78 is 34.6. The molecule has 0 unspecified atom stereocenters. The van der Waals surface area contributed by atoms with Gasteiger partial charge in [0, 0.05) is 23.4 Å². The van der Waals surface area contributed by atoms with Crippen molar-refractivity contribution in [3.05, 3.63) is 74.9 Å². The Bertz CT molecular complexity index is 1130. The standard InChI is InChI=1S/C19H17ClF2N4O3/c1-11-5-16(29-10-12-3-4-13(21)6-15(12)22)18(20)19(28)26(11)14-7-24-25(9-14)17(27)8-23-2/h3-7,9,23H,8,10H2,1-2H3. The number of hydrogen-bond donors (Lipinski definition) is 1. The number of carbonyl (C=O) groups is 1. The Balaban J connectivity index is 1.88. The molecule has 0 saturated carbocycles. The zero-order chi connectivity index (χ0) is 21.1. The Morgan fingerprint density at radius 3 is 2.76 bits per heavy atom. The van der Waals surface area contributed by atoms with Crippen LogP contribution in [-0.4, -0.2) is 33.8 Å². The van der Waals surface area contributed by atoms with Crippen molar-refractivity contribution in [1.29, 1.82) is 0 Å². The highest BCUT2D eigenvalue weighted by Gasteiger charge is 2.17. The third-order valence-corrected chi connectivity index (χ3v) is 4.46. The maximum Gasteiger partial charge on any atom is 0.277 e. The van der Waals surface area contributed by atoms with Crippen LogP contribution in [0.5, 0.6) is 5.75 Å². The number of hydrogen-bond acceptors (Lipinski definition) is 5. The van der Waals surface area contributed by atoms with Gasteiger partial charge in [-0.15, -0.1) is 0 Å². The Hall–Kier alpha value is -3.04. The van der Waals surface area contributed by atoms with Gasteiger partial charge in [0.05, 0.1) is 24.6 Å². The Morgan fingerprint density at radius 2 is 2.07 bits per heavy atom. The fourth-order valence-electron chi connectivity index (χ4n) is 2.70. The van der Waals surface area contributed by atoms with E-state index >= 15 is 0 Å². The summed E-state index contributed by atoms with van der Waals surface area (Å²) in [5.41, 5.74) is 0.361. The van der Waals surface area contributed by atoms with Gasteiger partial charge in [0.1, 0.15) is 29.0 Å². The van der Waals surface area contributed by atoms with E-state index in [4.69, 9.17) is 16.3 Å². The van der Waals surface area contributed by atoms with Crippen LogP contribution in [0.4, 0.5) is 8.78 Å². The van der Waals surface area contributed by atoms with E-state index in [2.05, 4.69) is 10.4 Å². The van der Waals surface area contributed by atoms with E-state index in [1.807, 2.05) is 0 Å². The van der Waals surface area contributed by atoms with Crippen LogP contribution in [0.15, 0.2) is 41.5 Å². The van der Waals surface area contributed by atoms with Crippen molar-refractivity contribution in [2.45, 2.75) is 13.5 Å². The molecule has 0 bridgehead atoms. The fourth-order valence-corrected chi connectivity index (χ4v) is 2.89. The second-order valence-corrected chi connectivity index (χ2v) is 6.57. The number of ether oxygens (including phenoxy) is 1. The molecule has 0 amide bonds. The molecule has 0 aliphatic rings. The van der Waals surface area contributed by atoms with E-state index in [-0.39, 0.29) is 35.4 Å². The van der Waals surface area contributed by atoms with Crippen LogP contribution >= 0.6 is 11.6 Å². The molecule has 2 heterocycles. The number of nitrogens with zero attached hydrogens (tertiary/aromatic N) is 3. The highest BCUT2D eigenvalue weighted by molar-refractivity contribution is 6.31. The summed E-state index contributed by atoms with van der Waals surface area (Å²) in [6.07, 6.45) is 2.78. The van der Waals surface area contributed by atoms with Crippen LogP contribution in [-0.2, 0) is 6.61 Å². The van der Waals surface area contributed by atoms with Gasteiger partial charge in [0.2, 0.25) is 0 Å². The van der Waals surface area contributed by atoms with Gasteiger partial charge in [0.15, 0.2) is 0 Å². The maximum absolute atomic E-state index is 13.8. The lowest BCUT2D eigenvalue weighted by molar-refractivity contribution is 0.0899. The number of halogens is 3. The van der Waals surface area contributed by atoms with Crippen molar-refractivity contribution >= 4 is 17.5 Å². The number of likely N-dealkylation sites (N-methyl/N-ethyl adjacent to an activating group) is 1. The van der Waals surface area contributed by atoms with Crippen molar-refractivity contribution in [3.8, 4) is 11.4 Å². The number of nitrogens with one attached hydrogen (secondary N) is 1. The molecule has 10 heteroatoms. The molecule has 0 fully saturated rings. The van der Waals surface area contributed by atoms with Gasteiger partial charge in [0.25, 0.3) is 11.5 Å². The topological polar surface area (TPSA) is 78.1 Å². The third kappa shape index (κ3) is 4.36. The van der Waals surface area contributed by atoms with Gasteiger partial charge >= 0.3 is 0 Å². The molecule has 3 rings (SSSR count). The third-order valence-electron chi connectivity index (χ3n) is 4.11. The minimum Gasteiger partial charge on any atom is -0.487 e. The monoisotopic (exact) mass is 422 g/mol. The lowest BCUT2D eigenvalue weighted by atomic mass is 10.2. The molecule has 29 heavy (non-hydrogen) atoms. The van der Waals surface area contributed by atoms with E-state index < -0.39 is 17.2 Å². The van der Waals surface area contributed by atoms with Crippen molar-refractivity contribution in [2.24, 2.45) is 0 Å². The first-order valence-corrected chi connectivity index (χ1v) is 8.91. The molecule has 7 nitrogen and oxygen atoms in total. The Morgan fingerprint density at radius 1 is 1.31 bits per heavy atom. The molecule has 0 radical (unpaired) electrons. The van der Waals surface area contributed by atoms with E-state index in [1.165, 1.54) is 29.1 Å². The van der Waals surface area contributed by atoms with Crippen LogP contribution in [0.3, 0.4) is 0 Å². The number of aryl methyl sites for hydroxylation is 1. The summed E-state index contributed by atoms with van der Waals surface area (Å²) in [6, 6.07) is 4.62. The van der Waals surface area contributed by atoms with Gasteiger partial charge in [-0.25, -0.2) is 13.5 Å². The molecule has 0 spiro atoms. The Labute approximate surface area is 169 Å². The fraction of sp³-hybridized carbons (Fsp3) is 0.211. The molecule has 0 saturated heterocycles. The molecule has 1 N–H and O–H groups in total. The summed E-state index contributed by atoms with van der Waals surface area (Å²) in [7, 11) is 1.63. The van der Waals surface area contributed by atoms with Crippen LogP contribution in [0.25, 0.3) is 5.69 Å². The number of carbonyl (C=O) groups excluding carboxylic acids is 1. The minimum absolute atomic E-state index is 0.0628. The first-order valence-electron chi connectivity index (χ1n) is 8.53. The van der Waals surface area contributed by atoms with E-state index in [0.717, 1.165) is 16.8 Å². The second kappa shape index (κ2) is 8.54. The van der Waals surface area contributed by atoms with Crippen molar-refractivity contribution in [2.75, 3.05) is 13.6 Å². The summed E-state index contributed by atoms with van der Waals surface area (Å²) in [5.74, 6) is -1.69. The molecular formula is C19H17ClF2N4O3. The predicted octanol–water partition coefficient (Wildman–Crippen LogP) is 2.71. The predicted molar refractivity (Wildman–Crippen MR) is 103 cm³/mol. The first-order chi connectivity index (χ1) is 13.8. The highest BCUT2D eigenvalue weighted by Crippen LogP contribution is 2.25. The van der Waals surface area contributed by atoms with Gasteiger partial charge in [-0.05, 0) is 26.1 Å². The first kappa shape index (κ1) is 20.7. The number of pyridine rings is 1. The second-order valence-electron chi connectivity index (χ2n) is 6.20. The molecule has 152 valence electrons.